The van der Waals surface area contributed by atoms with Gasteiger partial charge in [0, 0.05) is 6.20 Å². The minimum Gasteiger partial charge on any atom is -0.494 e. The SMILES string of the molecule is COC(=O)c1nn(Cc2ccc(OC)c(F)c2)cc1N. The van der Waals surface area contributed by atoms with E-state index in [1.165, 1.54) is 37.2 Å². The number of methoxy groups -OCH3 is 2. The summed E-state index contributed by atoms with van der Waals surface area (Å²) in [5, 5.41) is 4.01. The maximum Gasteiger partial charge on any atom is 0.360 e. The third kappa shape index (κ3) is 2.71. The van der Waals surface area contributed by atoms with Crippen LogP contribution in [0.1, 0.15) is 16.1 Å². The van der Waals surface area contributed by atoms with E-state index >= 15 is 0 Å². The molecule has 20 heavy (non-hydrogen) atoms. The van der Waals surface area contributed by atoms with Gasteiger partial charge in [0.25, 0.3) is 0 Å². The Hall–Kier alpha value is -2.57. The topological polar surface area (TPSA) is 79.4 Å². The molecule has 0 unspecified atom stereocenters. The number of ether oxygens (including phenoxy) is 2. The van der Waals surface area contributed by atoms with Crippen LogP contribution in [0.3, 0.4) is 0 Å². The number of rotatable bonds is 4. The Bertz CT molecular complexity index is 640. The van der Waals surface area contributed by atoms with Crippen LogP contribution in [-0.4, -0.2) is 30.0 Å². The second-order valence-corrected chi connectivity index (χ2v) is 4.09. The third-order valence-electron chi connectivity index (χ3n) is 2.73. The van der Waals surface area contributed by atoms with Crippen LogP contribution in [0.4, 0.5) is 10.1 Å². The number of benzene rings is 1. The first-order valence-electron chi connectivity index (χ1n) is 5.78. The van der Waals surface area contributed by atoms with Crippen molar-refractivity contribution in [3.05, 3.63) is 41.5 Å². The molecule has 7 heteroatoms. The van der Waals surface area contributed by atoms with E-state index in [1.807, 2.05) is 0 Å². The van der Waals surface area contributed by atoms with Crippen LogP contribution in [-0.2, 0) is 11.3 Å². The van der Waals surface area contributed by atoms with Crippen molar-refractivity contribution >= 4 is 11.7 Å². The molecule has 106 valence electrons. The lowest BCUT2D eigenvalue weighted by Crippen LogP contribution is -2.07. The van der Waals surface area contributed by atoms with Crippen molar-refractivity contribution in [1.82, 2.24) is 9.78 Å². The zero-order valence-corrected chi connectivity index (χ0v) is 11.1. The number of carbonyl (C=O) groups excluding carboxylic acids is 1. The summed E-state index contributed by atoms with van der Waals surface area (Å²) in [6.45, 7) is 0.280. The van der Waals surface area contributed by atoms with Gasteiger partial charge in [-0.15, -0.1) is 0 Å². The van der Waals surface area contributed by atoms with Gasteiger partial charge in [-0.05, 0) is 17.7 Å². The monoisotopic (exact) mass is 279 g/mol. The van der Waals surface area contributed by atoms with Gasteiger partial charge >= 0.3 is 5.97 Å². The Morgan fingerprint density at radius 1 is 1.45 bits per heavy atom. The summed E-state index contributed by atoms with van der Waals surface area (Å²) in [5.41, 5.74) is 6.59. The van der Waals surface area contributed by atoms with Gasteiger partial charge in [-0.3, -0.25) is 4.68 Å². The lowest BCUT2D eigenvalue weighted by molar-refractivity contribution is 0.0594. The molecular formula is C13H14FN3O3. The van der Waals surface area contributed by atoms with Crippen LogP contribution in [0.15, 0.2) is 24.4 Å². The highest BCUT2D eigenvalue weighted by Crippen LogP contribution is 2.19. The standard InChI is InChI=1S/C13H14FN3O3/c1-19-11-4-3-8(5-9(11)14)6-17-7-10(15)12(16-17)13(18)20-2/h3-5,7H,6,15H2,1-2H3. The lowest BCUT2D eigenvalue weighted by Gasteiger charge is -2.05. The summed E-state index contributed by atoms with van der Waals surface area (Å²) in [6.07, 6.45) is 1.49. The largest absolute Gasteiger partial charge is 0.494 e. The lowest BCUT2D eigenvalue weighted by atomic mass is 10.2. The summed E-state index contributed by atoms with van der Waals surface area (Å²) in [4.78, 5) is 11.4. The Labute approximate surface area is 114 Å². The van der Waals surface area contributed by atoms with Crippen molar-refractivity contribution < 1.29 is 18.7 Å². The summed E-state index contributed by atoms with van der Waals surface area (Å²) >= 11 is 0. The molecule has 1 aromatic heterocycles. The van der Waals surface area contributed by atoms with Gasteiger partial charge < -0.3 is 15.2 Å². The minimum absolute atomic E-state index is 0.0430. The van der Waals surface area contributed by atoms with Crippen LogP contribution in [0.2, 0.25) is 0 Å². The molecule has 0 aliphatic rings. The first-order chi connectivity index (χ1) is 9.55. The van der Waals surface area contributed by atoms with E-state index in [0.29, 0.717) is 5.56 Å². The smallest absolute Gasteiger partial charge is 0.360 e. The number of aromatic nitrogens is 2. The number of nitrogens with two attached hydrogens (primary N) is 1. The molecule has 2 aromatic rings. The first kappa shape index (κ1) is 13.9. The third-order valence-corrected chi connectivity index (χ3v) is 2.73. The summed E-state index contributed by atoms with van der Waals surface area (Å²) in [7, 11) is 2.65. The van der Waals surface area contributed by atoms with Gasteiger partial charge in [0.2, 0.25) is 0 Å². The molecule has 0 fully saturated rings. The number of hydrogen-bond donors (Lipinski definition) is 1. The van der Waals surface area contributed by atoms with Crippen molar-refractivity contribution in [3.8, 4) is 5.75 Å². The van der Waals surface area contributed by atoms with Crippen LogP contribution >= 0.6 is 0 Å². The highest BCUT2D eigenvalue weighted by atomic mass is 19.1. The molecule has 0 aliphatic carbocycles. The van der Waals surface area contributed by atoms with E-state index in [1.54, 1.807) is 6.07 Å². The Morgan fingerprint density at radius 3 is 2.80 bits per heavy atom. The van der Waals surface area contributed by atoms with Gasteiger partial charge in [0.15, 0.2) is 17.3 Å². The number of anilines is 1. The van der Waals surface area contributed by atoms with Gasteiger partial charge in [-0.25, -0.2) is 9.18 Å². The van der Waals surface area contributed by atoms with E-state index in [4.69, 9.17) is 10.5 Å². The Balaban J connectivity index is 2.22. The van der Waals surface area contributed by atoms with Crippen molar-refractivity contribution in [1.29, 1.82) is 0 Å². The number of hydrogen-bond acceptors (Lipinski definition) is 5. The Kier molecular flexibility index (Phi) is 3.88. The van der Waals surface area contributed by atoms with Gasteiger partial charge in [-0.1, -0.05) is 6.07 Å². The molecule has 2 N–H and O–H groups in total. The van der Waals surface area contributed by atoms with Crippen molar-refractivity contribution in [2.24, 2.45) is 0 Å². The van der Waals surface area contributed by atoms with E-state index < -0.39 is 11.8 Å². The fourth-order valence-corrected chi connectivity index (χ4v) is 1.77. The Morgan fingerprint density at radius 2 is 2.20 bits per heavy atom. The average Bonchev–Trinajstić information content (AvgIpc) is 2.79. The fourth-order valence-electron chi connectivity index (χ4n) is 1.77. The van der Waals surface area contributed by atoms with Gasteiger partial charge in [0.1, 0.15) is 0 Å². The van der Waals surface area contributed by atoms with Crippen molar-refractivity contribution in [2.45, 2.75) is 6.54 Å². The molecule has 1 heterocycles. The number of nitrogen functional groups attached to an aromatic ring is 1. The molecule has 1 aromatic carbocycles. The van der Waals surface area contributed by atoms with E-state index in [-0.39, 0.29) is 23.7 Å². The number of nitrogens with zero attached hydrogens (tertiary/aromatic N) is 2. The van der Waals surface area contributed by atoms with E-state index in [9.17, 15) is 9.18 Å². The van der Waals surface area contributed by atoms with Crippen molar-refractivity contribution in [2.75, 3.05) is 20.0 Å². The number of halogens is 1. The molecule has 6 nitrogen and oxygen atoms in total. The maximum atomic E-state index is 13.6. The molecule has 0 saturated heterocycles. The van der Waals surface area contributed by atoms with Crippen LogP contribution < -0.4 is 10.5 Å². The van der Waals surface area contributed by atoms with Crippen molar-refractivity contribution in [3.63, 3.8) is 0 Å². The van der Waals surface area contributed by atoms with Gasteiger partial charge in [-0.2, -0.15) is 5.10 Å². The molecule has 0 aliphatic heterocycles. The molecule has 0 radical (unpaired) electrons. The molecule has 2 rings (SSSR count). The zero-order valence-electron chi connectivity index (χ0n) is 11.1. The number of carbonyl (C=O) groups is 1. The molecule has 0 bridgehead atoms. The molecule has 0 atom stereocenters. The van der Waals surface area contributed by atoms with E-state index in [2.05, 4.69) is 9.84 Å². The van der Waals surface area contributed by atoms with Gasteiger partial charge in [0.05, 0.1) is 26.5 Å². The van der Waals surface area contributed by atoms with E-state index in [0.717, 1.165) is 0 Å². The first-order valence-corrected chi connectivity index (χ1v) is 5.78. The fraction of sp³-hybridized carbons (Fsp3) is 0.231. The maximum absolute atomic E-state index is 13.6. The second kappa shape index (κ2) is 5.60. The normalized spacial score (nSPS) is 10.3. The van der Waals surface area contributed by atoms with Crippen LogP contribution in [0, 0.1) is 5.82 Å². The highest BCUT2D eigenvalue weighted by Gasteiger charge is 2.15. The van der Waals surface area contributed by atoms with Crippen LogP contribution in [0.5, 0.6) is 5.75 Å². The zero-order chi connectivity index (χ0) is 14.7. The average molecular weight is 279 g/mol. The summed E-state index contributed by atoms with van der Waals surface area (Å²) in [5.74, 6) is -0.899. The minimum atomic E-state index is -0.609. The van der Waals surface area contributed by atoms with Crippen LogP contribution in [0.25, 0.3) is 0 Å². The number of esters is 1. The quantitative estimate of drug-likeness (QED) is 0.857. The molecule has 0 saturated carbocycles. The summed E-state index contributed by atoms with van der Waals surface area (Å²) in [6, 6.07) is 4.57. The highest BCUT2D eigenvalue weighted by molar-refractivity contribution is 5.92. The molecule has 0 spiro atoms. The predicted molar refractivity (Wildman–Crippen MR) is 70.0 cm³/mol. The second-order valence-electron chi connectivity index (χ2n) is 4.09. The molecule has 0 amide bonds. The summed E-state index contributed by atoms with van der Waals surface area (Å²) < 4.78 is 24.4. The molecular weight excluding hydrogens is 265 g/mol. The predicted octanol–water partition coefficient (Wildman–Crippen LogP) is 1.45.